The molecule has 0 amide bonds. The van der Waals surface area contributed by atoms with Gasteiger partial charge in [-0.2, -0.15) is 0 Å². The third-order valence-electron chi connectivity index (χ3n) is 16.8. The highest BCUT2D eigenvalue weighted by atomic mass is 16.8. The third-order valence-corrected chi connectivity index (χ3v) is 16.8. The second-order valence-electron chi connectivity index (χ2n) is 23.1. The van der Waals surface area contributed by atoms with Crippen LogP contribution in [0, 0.1) is 0 Å². The Labute approximate surface area is 517 Å². The summed E-state index contributed by atoms with van der Waals surface area (Å²) in [5.41, 5.74) is 13.4. The predicted molar refractivity (Wildman–Crippen MR) is 283 cm³/mol. The molecule has 91 heavy (non-hydrogen) atoms. The van der Waals surface area contributed by atoms with Crippen molar-refractivity contribution in [3.8, 4) is 0 Å². The van der Waals surface area contributed by atoms with Gasteiger partial charge in [0, 0.05) is 0 Å². The van der Waals surface area contributed by atoms with Crippen molar-refractivity contribution in [1.29, 1.82) is 0 Å². The first-order chi connectivity index (χ1) is 43.0. The first-order valence-electron chi connectivity index (χ1n) is 29.2. The Morgan fingerprint density at radius 3 is 1.15 bits per heavy atom. The molecule has 7 aliphatic rings. The summed E-state index contributed by atoms with van der Waals surface area (Å²) in [5.74, 6) is 0. The molecule has 40 nitrogen and oxygen atoms in total. The van der Waals surface area contributed by atoms with Crippen molar-refractivity contribution in [3.63, 3.8) is 0 Å². The largest absolute Gasteiger partial charge is 0.394 e. The number of ether oxygens (including phenoxy) is 15. The summed E-state index contributed by atoms with van der Waals surface area (Å²) in [6.07, 6.45) is -74.0. The summed E-state index contributed by atoms with van der Waals surface area (Å²) in [4.78, 5) is 0. The van der Waals surface area contributed by atoms with Gasteiger partial charge >= 0.3 is 0 Å². The van der Waals surface area contributed by atoms with Gasteiger partial charge < -0.3 is 200 Å². The van der Waals surface area contributed by atoms with E-state index < -0.39 is 285 Å². The fourth-order valence-corrected chi connectivity index (χ4v) is 11.3. The van der Waals surface area contributed by atoms with E-state index in [4.69, 9.17) is 82.5 Å². The molecule has 7 rings (SSSR count). The zero-order chi connectivity index (χ0) is 67.4. The SMILES string of the molecule is C=CCO[C@@H]1OC(CO)[C@H](O[C@H](O)C(O)C(O[C@@H]2OC(CO)[C@@H](O[C@@H]3OC(C)[C@@H](O)C(O)C3O)C(O[C@@H]3OC(CO)[C@H](O)C(O)C3O)C2N)[C@@H](O)C(O)CO[C@@H]2OC(CO)[C@@H](O[C@@H]3OC(CO)[C@H](O)C(O)C3O)C(OC3OC(C)[C@@H](O)C(O)C3O)C2N)C(O)C1O. The Balaban J connectivity index is 1.20. The molecule has 0 spiro atoms. The van der Waals surface area contributed by atoms with Crippen LogP contribution in [-0.2, 0) is 71.1 Å². The van der Waals surface area contributed by atoms with E-state index in [2.05, 4.69) is 6.58 Å². The fourth-order valence-electron chi connectivity index (χ4n) is 11.3. The van der Waals surface area contributed by atoms with Crippen LogP contribution < -0.4 is 11.5 Å². The fraction of sp³-hybridized carbons (Fsp3) is 0.961. The molecule has 25 unspecified atom stereocenters. The molecule has 7 aliphatic heterocycles. The average molecular weight is 1340 g/mol. The molecule has 40 heteroatoms. The number of hydrogen-bond donors (Lipinski definition) is 25. The normalized spacial score (nSPS) is 49.3. The Bertz CT molecular complexity index is 2180. The Morgan fingerprint density at radius 1 is 0.374 bits per heavy atom. The number of rotatable bonds is 27. The summed E-state index contributed by atoms with van der Waals surface area (Å²) in [7, 11) is 0. The average Bonchev–Trinajstić information content (AvgIpc) is 0.859. The molecule has 0 saturated carbocycles. The summed E-state index contributed by atoms with van der Waals surface area (Å²) in [6.45, 7) is -0.586. The summed E-state index contributed by atoms with van der Waals surface area (Å²) in [5, 5.41) is 250. The van der Waals surface area contributed by atoms with E-state index in [0.717, 1.165) is 0 Å². The minimum atomic E-state index is -2.78. The second kappa shape index (κ2) is 33.6. The molecule has 0 aromatic carbocycles. The Morgan fingerprint density at radius 2 is 0.725 bits per heavy atom. The molecule has 0 bridgehead atoms. The van der Waals surface area contributed by atoms with E-state index in [-0.39, 0.29) is 6.61 Å². The van der Waals surface area contributed by atoms with Crippen LogP contribution in [0.2, 0.25) is 0 Å². The van der Waals surface area contributed by atoms with Crippen molar-refractivity contribution in [2.45, 2.75) is 259 Å². The lowest BCUT2D eigenvalue weighted by Crippen LogP contribution is -2.69. The van der Waals surface area contributed by atoms with E-state index in [1.807, 2.05) is 0 Å². The maximum atomic E-state index is 12.2. The lowest BCUT2D eigenvalue weighted by Gasteiger charge is -2.50. The van der Waals surface area contributed by atoms with E-state index in [1.165, 1.54) is 19.9 Å². The van der Waals surface area contributed by atoms with E-state index in [9.17, 15) is 117 Å². The van der Waals surface area contributed by atoms with Crippen molar-refractivity contribution in [2.75, 3.05) is 46.2 Å². The maximum absolute atomic E-state index is 12.2. The smallest absolute Gasteiger partial charge is 0.187 e. The minimum Gasteiger partial charge on any atom is -0.394 e. The number of hydrogen-bond acceptors (Lipinski definition) is 40. The molecular weight excluding hydrogens is 1250 g/mol. The highest BCUT2D eigenvalue weighted by Crippen LogP contribution is 2.37. The van der Waals surface area contributed by atoms with Crippen LogP contribution in [0.5, 0.6) is 0 Å². The van der Waals surface area contributed by atoms with Crippen molar-refractivity contribution in [3.05, 3.63) is 12.7 Å². The van der Waals surface area contributed by atoms with Gasteiger partial charge in [-0.25, -0.2) is 0 Å². The van der Waals surface area contributed by atoms with Crippen LogP contribution in [0.1, 0.15) is 13.8 Å². The van der Waals surface area contributed by atoms with Gasteiger partial charge in [-0.1, -0.05) is 6.08 Å². The van der Waals surface area contributed by atoms with Gasteiger partial charge in [-0.15, -0.1) is 6.58 Å². The first kappa shape index (κ1) is 76.5. The summed E-state index contributed by atoms with van der Waals surface area (Å²) >= 11 is 0. The quantitative estimate of drug-likeness (QED) is 0.0268. The molecule has 7 fully saturated rings. The molecule has 0 aromatic rings. The molecule has 0 aromatic heterocycles. The molecule has 27 N–H and O–H groups in total. The number of nitrogens with two attached hydrogens (primary N) is 2. The molecular formula is C51H90N2O38. The van der Waals surface area contributed by atoms with Gasteiger partial charge in [0.15, 0.2) is 50.3 Å². The van der Waals surface area contributed by atoms with Crippen LogP contribution in [0.4, 0.5) is 0 Å². The molecule has 0 aliphatic carbocycles. The van der Waals surface area contributed by atoms with Crippen molar-refractivity contribution >= 4 is 0 Å². The van der Waals surface area contributed by atoms with Crippen molar-refractivity contribution in [2.24, 2.45) is 11.5 Å². The number of aliphatic hydroxyl groups is 23. The van der Waals surface area contributed by atoms with E-state index in [0.29, 0.717) is 0 Å². The monoisotopic (exact) mass is 1340 g/mol. The lowest BCUT2D eigenvalue weighted by atomic mass is 9.94. The van der Waals surface area contributed by atoms with Crippen LogP contribution in [-0.4, -0.2) is 409 Å². The first-order valence-corrected chi connectivity index (χ1v) is 29.2. The van der Waals surface area contributed by atoms with Gasteiger partial charge in [0.25, 0.3) is 0 Å². The van der Waals surface area contributed by atoms with Gasteiger partial charge in [0.2, 0.25) is 0 Å². The maximum Gasteiger partial charge on any atom is 0.187 e. The van der Waals surface area contributed by atoms with Gasteiger partial charge in [0.05, 0.1) is 70.5 Å². The summed E-state index contributed by atoms with van der Waals surface area (Å²) in [6, 6.07) is -3.85. The Kier molecular flexibility index (Phi) is 28.2. The predicted octanol–water partition coefficient (Wildman–Crippen LogP) is -16.3. The van der Waals surface area contributed by atoms with Gasteiger partial charge in [-0.3, -0.25) is 0 Å². The van der Waals surface area contributed by atoms with Crippen LogP contribution in [0.25, 0.3) is 0 Å². The molecule has 7 heterocycles. The van der Waals surface area contributed by atoms with Gasteiger partial charge in [0.1, 0.15) is 171 Å². The van der Waals surface area contributed by atoms with Crippen molar-refractivity contribution < 1.29 is 189 Å². The van der Waals surface area contributed by atoms with E-state index >= 15 is 0 Å². The standard InChI is InChI=1S/C51H90N2O38/c1-4-5-77-47-36(74)31(69)38(17(8-56)85-47)86-44(76)37(75)43(91-46-21(53)42(90-51-35(73)30(68)26(64)16(7-55)82-51)40(19(10-58)84-46)87-48-32(70)27(65)22(60)12(2)79-48)24(62)14(59)11-78-45-20(52)41(89-49-33(71)28(66)23(61)13(3)80-49)39(18(9-57)83-45)88-50-34(72)29(67)25(63)15(6-54)81-50/h4,12-51,54-76H,1,5-11,52-53H2,2-3H3/t12?,13?,14?,15?,16?,17?,18?,19?,20?,21?,22-,23-,24+,25+,26+,27?,28?,29?,30?,31?,32?,33?,34?,35?,36?,37?,38+,39-,40-,41?,42?,43?,44+,45-,46+,47-,48+,49?,50+,51+/m1/s1. The van der Waals surface area contributed by atoms with Crippen molar-refractivity contribution in [1.82, 2.24) is 0 Å². The highest BCUT2D eigenvalue weighted by Gasteiger charge is 2.58. The third kappa shape index (κ3) is 16.8. The lowest BCUT2D eigenvalue weighted by molar-refractivity contribution is -0.380. The molecule has 40 atom stereocenters. The zero-order valence-corrected chi connectivity index (χ0v) is 48.9. The number of aliphatic hydroxyl groups excluding tert-OH is 23. The zero-order valence-electron chi connectivity index (χ0n) is 48.9. The molecule has 7 saturated heterocycles. The Hall–Kier alpha value is -1.86. The topological polar surface area (TPSA) is 656 Å². The van der Waals surface area contributed by atoms with E-state index in [1.54, 1.807) is 0 Å². The highest BCUT2D eigenvalue weighted by molar-refractivity contribution is 5.02. The second-order valence-corrected chi connectivity index (χ2v) is 23.1. The summed E-state index contributed by atoms with van der Waals surface area (Å²) < 4.78 is 86.4. The van der Waals surface area contributed by atoms with Crippen LogP contribution >= 0.6 is 0 Å². The minimum absolute atomic E-state index is 0.236. The molecule has 0 radical (unpaired) electrons. The van der Waals surface area contributed by atoms with Gasteiger partial charge in [-0.05, 0) is 13.8 Å². The van der Waals surface area contributed by atoms with Crippen LogP contribution in [0.3, 0.4) is 0 Å². The molecule has 532 valence electrons. The van der Waals surface area contributed by atoms with Crippen LogP contribution in [0.15, 0.2) is 12.7 Å².